The molecule has 18 heavy (non-hydrogen) atoms. The predicted octanol–water partition coefficient (Wildman–Crippen LogP) is 5.27. The highest BCUT2D eigenvalue weighted by molar-refractivity contribution is 8.29. The van der Waals surface area contributed by atoms with E-state index >= 15 is 0 Å². The van der Waals surface area contributed by atoms with Gasteiger partial charge in [0.1, 0.15) is 7.22 Å². The van der Waals surface area contributed by atoms with Gasteiger partial charge in [0, 0.05) is 17.0 Å². The largest absolute Gasteiger partial charge is 0.290 e. The zero-order valence-corrected chi connectivity index (χ0v) is 14.2. The van der Waals surface area contributed by atoms with Gasteiger partial charge in [-0.25, -0.2) is 0 Å². The summed E-state index contributed by atoms with van der Waals surface area (Å²) in [5.41, 5.74) is 1.58. The first-order valence-electron chi connectivity index (χ1n) is 7.79. The molecule has 2 aliphatic carbocycles. The molecule has 104 valence electrons. The fraction of sp³-hybridized carbons (Fsp3) is 0.933. The lowest BCUT2D eigenvalue weighted by Gasteiger charge is -2.22. The Bertz CT molecular complexity index is 287. The van der Waals surface area contributed by atoms with Gasteiger partial charge in [-0.2, -0.15) is 11.2 Å². The molecule has 1 unspecified atom stereocenters. The summed E-state index contributed by atoms with van der Waals surface area (Å²) in [6.45, 7) is 7.41. The van der Waals surface area contributed by atoms with Crippen molar-refractivity contribution < 1.29 is 0 Å². The minimum Gasteiger partial charge on any atom is -0.290 e. The molecule has 0 radical (unpaired) electrons. The Morgan fingerprint density at radius 2 is 1.61 bits per heavy atom. The summed E-state index contributed by atoms with van der Waals surface area (Å²) in [6, 6.07) is 0.672. The van der Waals surface area contributed by atoms with Gasteiger partial charge in [0.15, 0.2) is 0 Å². The average Bonchev–Trinajstić information content (AvgIpc) is 2.54. The van der Waals surface area contributed by atoms with Crippen molar-refractivity contribution in [2.75, 3.05) is 0 Å². The van der Waals surface area contributed by atoms with Crippen LogP contribution in [0.1, 0.15) is 57.8 Å². The highest BCUT2D eigenvalue weighted by Crippen LogP contribution is 2.35. The first kappa shape index (κ1) is 14.6. The topological polar surface area (TPSA) is 12.4 Å². The van der Waals surface area contributed by atoms with Gasteiger partial charge in [0.2, 0.25) is 0 Å². The molecule has 0 aliphatic heterocycles. The van der Waals surface area contributed by atoms with Crippen molar-refractivity contribution >= 4 is 24.1 Å². The number of nitrogens with zero attached hydrogens (tertiary/aromatic N) is 1. The van der Waals surface area contributed by atoms with Crippen LogP contribution in [0.4, 0.5) is 0 Å². The molecule has 2 saturated carbocycles. The Hall–Kier alpha value is 0.237. The molecule has 1 nitrogen and oxygen atoms in total. The van der Waals surface area contributed by atoms with Crippen molar-refractivity contribution in [3.63, 3.8) is 0 Å². The van der Waals surface area contributed by atoms with Crippen molar-refractivity contribution in [3.8, 4) is 0 Å². The Balaban J connectivity index is 1.96. The molecule has 2 aliphatic rings. The van der Waals surface area contributed by atoms with Crippen LogP contribution in [0.15, 0.2) is 4.99 Å². The molecule has 0 aromatic heterocycles. The van der Waals surface area contributed by atoms with Crippen LogP contribution in [-0.2, 0) is 0 Å². The van der Waals surface area contributed by atoms with Crippen molar-refractivity contribution in [1.82, 2.24) is 0 Å². The van der Waals surface area contributed by atoms with Gasteiger partial charge >= 0.3 is 0 Å². The molecular weight excluding hydrogens is 254 g/mol. The van der Waals surface area contributed by atoms with Crippen LogP contribution in [0, 0.1) is 0 Å². The minimum absolute atomic E-state index is 0.672. The summed E-state index contributed by atoms with van der Waals surface area (Å²) in [7, 11) is -1.00. The second-order valence-corrected chi connectivity index (χ2v) is 16.3. The van der Waals surface area contributed by atoms with Crippen LogP contribution in [0.3, 0.4) is 0 Å². The Kier molecular flexibility index (Phi) is 5.37. The Morgan fingerprint density at radius 3 is 2.22 bits per heavy atom. The minimum atomic E-state index is -1.00. The van der Waals surface area contributed by atoms with Crippen molar-refractivity contribution in [2.45, 2.75) is 88.7 Å². The third-order valence-electron chi connectivity index (χ3n) is 3.94. The van der Waals surface area contributed by atoms with E-state index in [0.717, 1.165) is 5.25 Å². The number of rotatable bonds is 3. The second kappa shape index (κ2) is 6.60. The summed E-state index contributed by atoms with van der Waals surface area (Å²) >= 11 is 2.27. The third-order valence-corrected chi connectivity index (χ3v) is 8.41. The van der Waals surface area contributed by atoms with E-state index in [9.17, 15) is 0 Å². The molecule has 0 spiro atoms. The third kappa shape index (κ3) is 4.73. The summed E-state index contributed by atoms with van der Waals surface area (Å²) in [5, 5.41) is 0.778. The molecule has 0 amide bonds. The molecule has 2 fully saturated rings. The van der Waals surface area contributed by atoms with Crippen molar-refractivity contribution in [1.29, 1.82) is 0 Å². The molecule has 0 saturated heterocycles. The van der Waals surface area contributed by atoms with E-state index in [1.165, 1.54) is 57.8 Å². The summed E-state index contributed by atoms with van der Waals surface area (Å²) in [4.78, 5) is 5.18. The molecule has 0 aromatic rings. The average molecular weight is 284 g/mol. The van der Waals surface area contributed by atoms with E-state index < -0.39 is 7.22 Å². The molecular formula is C15H29NSSi. The standard InChI is InChI=1S/C15H29NSSi/c1-18(2,3)17-15-12-8-11-14(15)16-13-9-6-4-5-7-10-13/h13,15H,4-12H2,1-3H3. The first-order chi connectivity index (χ1) is 8.54. The van der Waals surface area contributed by atoms with Crippen LogP contribution in [0.25, 0.3) is 0 Å². The summed E-state index contributed by atoms with van der Waals surface area (Å²) < 4.78 is 0. The molecule has 2 rings (SSSR count). The number of aliphatic imine (C=N–C) groups is 1. The van der Waals surface area contributed by atoms with Gasteiger partial charge in [0.25, 0.3) is 0 Å². The summed E-state index contributed by atoms with van der Waals surface area (Å²) in [6.07, 6.45) is 12.5. The molecule has 1 atom stereocenters. The lowest BCUT2D eigenvalue weighted by atomic mass is 10.1. The SMILES string of the molecule is C[Si](C)(C)SC1CCCC1=NC1CCCCCC1. The van der Waals surface area contributed by atoms with Crippen molar-refractivity contribution in [2.24, 2.45) is 4.99 Å². The maximum Gasteiger partial charge on any atom is 0.109 e. The van der Waals surface area contributed by atoms with E-state index in [1.807, 2.05) is 0 Å². The summed E-state index contributed by atoms with van der Waals surface area (Å²) in [5.74, 6) is 0. The predicted molar refractivity (Wildman–Crippen MR) is 87.5 cm³/mol. The van der Waals surface area contributed by atoms with Crippen LogP contribution in [0.5, 0.6) is 0 Å². The molecule has 3 heteroatoms. The normalized spacial score (nSPS) is 29.7. The van der Waals surface area contributed by atoms with Gasteiger partial charge in [-0.3, -0.25) is 4.99 Å². The van der Waals surface area contributed by atoms with E-state index in [-0.39, 0.29) is 0 Å². The molecule has 0 bridgehead atoms. The molecule has 0 aromatic carbocycles. The lowest BCUT2D eigenvalue weighted by molar-refractivity contribution is 0.584. The van der Waals surface area contributed by atoms with Gasteiger partial charge in [0.05, 0.1) is 0 Å². The van der Waals surface area contributed by atoms with E-state index in [0.29, 0.717) is 6.04 Å². The van der Waals surface area contributed by atoms with E-state index in [1.54, 1.807) is 5.71 Å². The van der Waals surface area contributed by atoms with Crippen LogP contribution in [-0.4, -0.2) is 24.2 Å². The fourth-order valence-electron chi connectivity index (χ4n) is 3.12. The van der Waals surface area contributed by atoms with Crippen molar-refractivity contribution in [3.05, 3.63) is 0 Å². The zero-order chi connectivity index (χ0) is 13.0. The highest BCUT2D eigenvalue weighted by atomic mass is 32.4. The van der Waals surface area contributed by atoms with Gasteiger partial charge in [-0.15, -0.1) is 0 Å². The molecule has 0 heterocycles. The number of hydrogen-bond donors (Lipinski definition) is 0. The quantitative estimate of drug-likeness (QED) is 0.507. The maximum atomic E-state index is 5.18. The monoisotopic (exact) mass is 283 g/mol. The Morgan fingerprint density at radius 1 is 0.944 bits per heavy atom. The van der Waals surface area contributed by atoms with E-state index in [2.05, 4.69) is 30.9 Å². The van der Waals surface area contributed by atoms with Gasteiger partial charge in [-0.1, -0.05) is 45.3 Å². The zero-order valence-electron chi connectivity index (χ0n) is 12.4. The maximum absolute atomic E-state index is 5.18. The first-order valence-corrected chi connectivity index (χ1v) is 12.9. The van der Waals surface area contributed by atoms with Crippen LogP contribution < -0.4 is 0 Å². The Labute approximate surface area is 118 Å². The van der Waals surface area contributed by atoms with Gasteiger partial charge < -0.3 is 0 Å². The fourth-order valence-corrected chi connectivity index (χ4v) is 7.89. The van der Waals surface area contributed by atoms with Gasteiger partial charge in [-0.05, 0) is 32.1 Å². The lowest BCUT2D eigenvalue weighted by Crippen LogP contribution is -2.24. The van der Waals surface area contributed by atoms with E-state index in [4.69, 9.17) is 4.99 Å². The van der Waals surface area contributed by atoms with Crippen LogP contribution in [0.2, 0.25) is 19.6 Å². The number of hydrogen-bond acceptors (Lipinski definition) is 2. The highest BCUT2D eigenvalue weighted by Gasteiger charge is 2.29. The second-order valence-electron chi connectivity index (χ2n) is 6.88. The van der Waals surface area contributed by atoms with Crippen LogP contribution >= 0.6 is 11.2 Å². The smallest absolute Gasteiger partial charge is 0.109 e. The molecule has 0 N–H and O–H groups in total.